The molecular weight excluding hydrogens is 1290 g/mol. The van der Waals surface area contributed by atoms with Crippen molar-refractivity contribution in [3.8, 4) is 0 Å². The van der Waals surface area contributed by atoms with Crippen molar-refractivity contribution in [3.63, 3.8) is 0 Å². The number of hydrogen-bond acceptors (Lipinski definition) is 15. The summed E-state index contributed by atoms with van der Waals surface area (Å²) in [4.78, 5) is 72.9. The SMILES string of the molecule is CCCCCCCCCCCCCCCCCCCCCCCCC(=O)O[C@H](COC(=O)CCCCCCCCCCCCCCC(C)C)COP(=O)(O)OC[C@@H](O)COP(=O)(O)OC[C@@H](COC(=O)CCCCCCCCCCCC)OC(=O)CCCCCCCCCCCCCC. The number of ether oxygens (including phenoxy) is 4. The van der Waals surface area contributed by atoms with Crippen molar-refractivity contribution in [1.82, 2.24) is 0 Å². The first-order chi connectivity index (χ1) is 48.0. The number of hydrogen-bond donors (Lipinski definition) is 3. The Morgan fingerprint density at radius 3 is 0.687 bits per heavy atom. The summed E-state index contributed by atoms with van der Waals surface area (Å²) in [5.41, 5.74) is 0. The Hall–Kier alpha value is -1.94. The standard InChI is InChI=1S/C80H156O17P2/c1-6-9-12-15-18-21-24-26-27-28-29-30-31-32-33-34-35-41-46-51-56-61-66-80(85)97-76(70-91-78(83)64-59-54-49-44-40-37-36-38-42-47-52-57-62-73(4)5)72-95-99(88,89)93-68-74(81)67-92-98(86,87)94-71-75(69-90-77(82)63-58-53-48-43-23-20-17-14-11-8-3)96-79(84)65-60-55-50-45-39-25-22-19-16-13-10-7-2/h73-76,81H,6-72H2,1-5H3,(H,86,87)(H,88,89)/t74-,75+,76+/m0/s1. The van der Waals surface area contributed by atoms with Crippen molar-refractivity contribution in [2.45, 2.75) is 445 Å². The summed E-state index contributed by atoms with van der Waals surface area (Å²) in [5, 5.41) is 10.6. The lowest BCUT2D eigenvalue weighted by Crippen LogP contribution is -2.30. The van der Waals surface area contributed by atoms with E-state index >= 15 is 0 Å². The second-order valence-electron chi connectivity index (χ2n) is 29.3. The van der Waals surface area contributed by atoms with Crippen LogP contribution in [0.1, 0.15) is 426 Å². The zero-order chi connectivity index (χ0) is 72.7. The summed E-state index contributed by atoms with van der Waals surface area (Å²) < 4.78 is 68.6. The van der Waals surface area contributed by atoms with Crippen LogP contribution in [0.4, 0.5) is 0 Å². The van der Waals surface area contributed by atoms with Crippen LogP contribution in [0, 0.1) is 5.92 Å². The average Bonchev–Trinajstić information content (AvgIpc) is 1.04. The molecule has 0 fully saturated rings. The van der Waals surface area contributed by atoms with E-state index in [-0.39, 0.29) is 25.7 Å². The summed E-state index contributed by atoms with van der Waals surface area (Å²) in [6, 6.07) is 0. The number of aliphatic hydroxyl groups excluding tert-OH is 1. The predicted molar refractivity (Wildman–Crippen MR) is 405 cm³/mol. The first-order valence-corrected chi connectivity index (χ1v) is 44.6. The Bertz CT molecular complexity index is 1890. The number of phosphoric ester groups is 2. The van der Waals surface area contributed by atoms with Crippen LogP contribution in [0.15, 0.2) is 0 Å². The van der Waals surface area contributed by atoms with E-state index in [4.69, 9.17) is 37.0 Å². The van der Waals surface area contributed by atoms with E-state index in [9.17, 15) is 43.2 Å². The molecule has 99 heavy (non-hydrogen) atoms. The molecule has 3 N–H and O–H groups in total. The van der Waals surface area contributed by atoms with E-state index in [0.717, 1.165) is 95.8 Å². The van der Waals surface area contributed by atoms with Crippen LogP contribution in [0.5, 0.6) is 0 Å². The highest BCUT2D eigenvalue weighted by Gasteiger charge is 2.30. The highest BCUT2D eigenvalue weighted by Crippen LogP contribution is 2.45. The molecule has 0 aliphatic carbocycles. The minimum absolute atomic E-state index is 0.108. The van der Waals surface area contributed by atoms with Gasteiger partial charge in [-0.2, -0.15) is 0 Å². The van der Waals surface area contributed by atoms with E-state index in [2.05, 4.69) is 34.6 Å². The van der Waals surface area contributed by atoms with Crippen LogP contribution in [0.25, 0.3) is 0 Å². The molecule has 0 saturated heterocycles. The zero-order valence-corrected chi connectivity index (χ0v) is 66.4. The van der Waals surface area contributed by atoms with Crippen molar-refractivity contribution >= 4 is 39.5 Å². The Morgan fingerprint density at radius 2 is 0.465 bits per heavy atom. The number of aliphatic hydroxyl groups is 1. The molecule has 0 bridgehead atoms. The maximum Gasteiger partial charge on any atom is 0.472 e. The smallest absolute Gasteiger partial charge is 0.462 e. The average molecular weight is 1450 g/mol. The summed E-state index contributed by atoms with van der Waals surface area (Å²) in [5.74, 6) is -1.33. The lowest BCUT2D eigenvalue weighted by Gasteiger charge is -2.21. The second kappa shape index (κ2) is 73.0. The third kappa shape index (κ3) is 74.1. The predicted octanol–water partition coefficient (Wildman–Crippen LogP) is 24.0. The van der Waals surface area contributed by atoms with Crippen LogP contribution in [0.2, 0.25) is 0 Å². The van der Waals surface area contributed by atoms with E-state index < -0.39 is 97.5 Å². The van der Waals surface area contributed by atoms with Crippen molar-refractivity contribution in [2.24, 2.45) is 5.92 Å². The first-order valence-electron chi connectivity index (χ1n) is 41.6. The topological polar surface area (TPSA) is 237 Å². The van der Waals surface area contributed by atoms with Crippen molar-refractivity contribution < 1.29 is 80.2 Å². The molecule has 19 heteroatoms. The molecule has 0 spiro atoms. The normalized spacial score (nSPS) is 13.9. The lowest BCUT2D eigenvalue weighted by atomic mass is 10.0. The van der Waals surface area contributed by atoms with Gasteiger partial charge >= 0.3 is 39.5 Å². The van der Waals surface area contributed by atoms with Gasteiger partial charge in [-0.3, -0.25) is 37.3 Å². The number of carbonyl (C=O) groups is 4. The molecule has 0 aromatic rings. The van der Waals surface area contributed by atoms with Crippen molar-refractivity contribution in [3.05, 3.63) is 0 Å². The third-order valence-electron chi connectivity index (χ3n) is 18.8. The molecule has 0 aliphatic rings. The number of rotatable bonds is 80. The zero-order valence-electron chi connectivity index (χ0n) is 64.6. The van der Waals surface area contributed by atoms with Gasteiger partial charge in [0.15, 0.2) is 12.2 Å². The molecule has 0 aliphatic heterocycles. The first kappa shape index (κ1) is 97.1. The summed E-state index contributed by atoms with van der Waals surface area (Å²) >= 11 is 0. The number of esters is 4. The van der Waals surface area contributed by atoms with Gasteiger partial charge in [0.25, 0.3) is 0 Å². The lowest BCUT2D eigenvalue weighted by molar-refractivity contribution is -0.161. The second-order valence-corrected chi connectivity index (χ2v) is 32.2. The van der Waals surface area contributed by atoms with Gasteiger partial charge in [-0.05, 0) is 31.6 Å². The number of unbranched alkanes of at least 4 members (excludes halogenated alkanes) is 52. The molecule has 17 nitrogen and oxygen atoms in total. The summed E-state index contributed by atoms with van der Waals surface area (Å²) in [6.07, 6.45) is 63.9. The van der Waals surface area contributed by atoms with Crippen LogP contribution in [-0.2, 0) is 65.4 Å². The van der Waals surface area contributed by atoms with E-state index in [1.807, 2.05) is 0 Å². The molecule has 0 amide bonds. The highest BCUT2D eigenvalue weighted by molar-refractivity contribution is 7.47. The largest absolute Gasteiger partial charge is 0.472 e. The Kier molecular flexibility index (Phi) is 71.6. The fourth-order valence-electron chi connectivity index (χ4n) is 12.4. The molecule has 0 rings (SSSR count). The molecule has 2 unspecified atom stereocenters. The van der Waals surface area contributed by atoms with Crippen LogP contribution >= 0.6 is 15.6 Å². The molecule has 588 valence electrons. The number of carbonyl (C=O) groups excluding carboxylic acids is 4. The summed E-state index contributed by atoms with van der Waals surface area (Å²) in [7, 11) is -9.91. The van der Waals surface area contributed by atoms with Gasteiger partial charge in [-0.15, -0.1) is 0 Å². The van der Waals surface area contributed by atoms with Crippen molar-refractivity contribution in [1.29, 1.82) is 0 Å². The fraction of sp³-hybridized carbons (Fsp3) is 0.950. The molecular formula is C80H156O17P2. The van der Waals surface area contributed by atoms with Gasteiger partial charge < -0.3 is 33.8 Å². The molecule has 5 atom stereocenters. The van der Waals surface area contributed by atoms with Gasteiger partial charge in [-0.25, -0.2) is 9.13 Å². The summed E-state index contributed by atoms with van der Waals surface area (Å²) in [6.45, 7) is 7.32. The molecule has 0 radical (unpaired) electrons. The van der Waals surface area contributed by atoms with E-state index in [1.54, 1.807) is 0 Å². The minimum atomic E-state index is -4.96. The van der Waals surface area contributed by atoms with Crippen molar-refractivity contribution in [2.75, 3.05) is 39.6 Å². The maximum atomic E-state index is 13.1. The maximum absolute atomic E-state index is 13.1. The van der Waals surface area contributed by atoms with E-state index in [0.29, 0.717) is 25.7 Å². The van der Waals surface area contributed by atoms with Crippen LogP contribution < -0.4 is 0 Å². The van der Waals surface area contributed by atoms with Gasteiger partial charge in [0.1, 0.15) is 19.3 Å². The van der Waals surface area contributed by atoms with Crippen LogP contribution in [0.3, 0.4) is 0 Å². The Balaban J connectivity index is 5.19. The molecule has 0 aromatic heterocycles. The van der Waals surface area contributed by atoms with E-state index in [1.165, 1.54) is 250 Å². The molecule has 0 heterocycles. The third-order valence-corrected chi connectivity index (χ3v) is 20.7. The minimum Gasteiger partial charge on any atom is -0.462 e. The quantitative estimate of drug-likeness (QED) is 0.0222. The monoisotopic (exact) mass is 1450 g/mol. The van der Waals surface area contributed by atoms with Gasteiger partial charge in [0.05, 0.1) is 26.4 Å². The van der Waals surface area contributed by atoms with Gasteiger partial charge in [-0.1, -0.05) is 375 Å². The Labute approximate surface area is 607 Å². The van der Waals surface area contributed by atoms with Crippen LogP contribution in [-0.4, -0.2) is 96.7 Å². The number of phosphoric acid groups is 2. The highest BCUT2D eigenvalue weighted by atomic mass is 31.2. The fourth-order valence-corrected chi connectivity index (χ4v) is 14.0. The molecule has 0 aromatic carbocycles. The molecule has 0 saturated carbocycles. The Morgan fingerprint density at radius 1 is 0.273 bits per heavy atom. The van der Waals surface area contributed by atoms with Gasteiger partial charge in [0.2, 0.25) is 0 Å². The van der Waals surface area contributed by atoms with Gasteiger partial charge in [0, 0.05) is 25.7 Å².